The van der Waals surface area contributed by atoms with Crippen LogP contribution in [0.1, 0.15) is 21.5 Å². The number of carboxylic acids is 1. The van der Waals surface area contributed by atoms with Crippen LogP contribution in [0.25, 0.3) is 6.08 Å². The zero-order valence-electron chi connectivity index (χ0n) is 17.6. The summed E-state index contributed by atoms with van der Waals surface area (Å²) in [5.74, 6) is -0.240. The van der Waals surface area contributed by atoms with E-state index < -0.39 is 5.97 Å². The molecule has 1 aliphatic rings. The van der Waals surface area contributed by atoms with Crippen LogP contribution in [-0.4, -0.2) is 28.4 Å². The van der Waals surface area contributed by atoms with Crippen LogP contribution in [0, 0.1) is 0 Å². The second-order valence-electron chi connectivity index (χ2n) is 7.06. The van der Waals surface area contributed by atoms with E-state index in [-0.39, 0.29) is 11.5 Å². The molecule has 1 aliphatic heterocycles. The first-order valence-electron chi connectivity index (χ1n) is 9.92. The van der Waals surface area contributed by atoms with Gasteiger partial charge in [-0.05, 0) is 47.5 Å². The van der Waals surface area contributed by atoms with Crippen LogP contribution in [0.3, 0.4) is 0 Å². The molecule has 3 aromatic rings. The van der Waals surface area contributed by atoms with Crippen LogP contribution in [0.4, 0.5) is 5.69 Å². The third-order valence-electron chi connectivity index (χ3n) is 4.87. The fourth-order valence-corrected chi connectivity index (χ4v) is 4.55. The molecule has 3 aromatic carbocycles. The van der Waals surface area contributed by atoms with Crippen molar-refractivity contribution >= 4 is 51.9 Å². The maximum Gasteiger partial charge on any atom is 0.335 e. The average molecular weight is 478 g/mol. The van der Waals surface area contributed by atoms with Crippen LogP contribution < -0.4 is 14.4 Å². The molecular formula is C25H19NO5S2. The van der Waals surface area contributed by atoms with Crippen molar-refractivity contribution in [3.8, 4) is 11.5 Å². The highest BCUT2D eigenvalue weighted by Crippen LogP contribution is 2.37. The van der Waals surface area contributed by atoms with Crippen molar-refractivity contribution in [1.82, 2.24) is 0 Å². The Balaban J connectivity index is 1.55. The van der Waals surface area contributed by atoms with Gasteiger partial charge in [-0.1, -0.05) is 66.4 Å². The number of hydrogen-bond acceptors (Lipinski definition) is 6. The lowest BCUT2D eigenvalue weighted by atomic mass is 10.1. The fourth-order valence-electron chi connectivity index (χ4n) is 3.25. The van der Waals surface area contributed by atoms with E-state index in [9.17, 15) is 14.7 Å². The Morgan fingerprint density at radius 2 is 1.85 bits per heavy atom. The number of carbonyl (C=O) groups excluding carboxylic acids is 1. The smallest absolute Gasteiger partial charge is 0.335 e. The molecule has 1 heterocycles. The van der Waals surface area contributed by atoms with Gasteiger partial charge >= 0.3 is 5.97 Å². The molecule has 4 rings (SSSR count). The number of thiocarbonyl (C=S) groups is 1. The first kappa shape index (κ1) is 22.6. The summed E-state index contributed by atoms with van der Waals surface area (Å²) in [5.41, 5.74) is 2.29. The van der Waals surface area contributed by atoms with Crippen molar-refractivity contribution in [1.29, 1.82) is 0 Å². The average Bonchev–Trinajstić information content (AvgIpc) is 3.11. The highest BCUT2D eigenvalue weighted by Gasteiger charge is 2.33. The molecule has 166 valence electrons. The SMILES string of the molecule is COc1cc(C=C2SC(=S)N(c3cccc(C(=O)O)c3)C2=O)ccc1OCc1ccccc1. The Morgan fingerprint density at radius 1 is 1.06 bits per heavy atom. The molecule has 0 atom stereocenters. The van der Waals surface area contributed by atoms with Crippen molar-refractivity contribution in [3.05, 3.63) is 94.4 Å². The number of aromatic carboxylic acids is 1. The van der Waals surface area contributed by atoms with E-state index in [1.807, 2.05) is 36.4 Å². The number of anilines is 1. The summed E-state index contributed by atoms with van der Waals surface area (Å²) in [6.45, 7) is 0.407. The van der Waals surface area contributed by atoms with Gasteiger partial charge in [-0.15, -0.1) is 0 Å². The minimum atomic E-state index is -1.07. The monoisotopic (exact) mass is 477 g/mol. The first-order chi connectivity index (χ1) is 16.0. The molecule has 1 fully saturated rings. The van der Waals surface area contributed by atoms with Crippen molar-refractivity contribution in [2.75, 3.05) is 12.0 Å². The zero-order valence-corrected chi connectivity index (χ0v) is 19.2. The second-order valence-corrected chi connectivity index (χ2v) is 8.73. The van der Waals surface area contributed by atoms with E-state index in [0.717, 1.165) is 22.9 Å². The summed E-state index contributed by atoms with van der Waals surface area (Å²) in [6.07, 6.45) is 1.73. The van der Waals surface area contributed by atoms with Crippen LogP contribution in [-0.2, 0) is 11.4 Å². The van der Waals surface area contributed by atoms with Crippen LogP contribution in [0.2, 0.25) is 0 Å². The Labute approximate surface area is 200 Å². The van der Waals surface area contributed by atoms with Gasteiger partial charge in [0.25, 0.3) is 5.91 Å². The van der Waals surface area contributed by atoms with E-state index in [2.05, 4.69) is 0 Å². The van der Waals surface area contributed by atoms with Crippen LogP contribution >= 0.6 is 24.0 Å². The van der Waals surface area contributed by atoms with Crippen LogP contribution in [0.15, 0.2) is 77.7 Å². The normalized spacial score (nSPS) is 14.6. The number of nitrogens with zero attached hydrogens (tertiary/aromatic N) is 1. The third-order valence-corrected chi connectivity index (χ3v) is 6.17. The van der Waals surface area contributed by atoms with Gasteiger partial charge in [-0.3, -0.25) is 9.69 Å². The lowest BCUT2D eigenvalue weighted by Gasteiger charge is -2.15. The molecule has 1 saturated heterocycles. The van der Waals surface area contributed by atoms with Gasteiger partial charge in [0.15, 0.2) is 15.8 Å². The topological polar surface area (TPSA) is 76.1 Å². The highest BCUT2D eigenvalue weighted by atomic mass is 32.2. The van der Waals surface area contributed by atoms with E-state index in [1.165, 1.54) is 17.0 Å². The molecule has 0 bridgehead atoms. The van der Waals surface area contributed by atoms with Gasteiger partial charge in [0, 0.05) is 0 Å². The largest absolute Gasteiger partial charge is 0.493 e. The Kier molecular flexibility index (Phi) is 6.76. The number of carbonyl (C=O) groups is 2. The van der Waals surface area contributed by atoms with Crippen LogP contribution in [0.5, 0.6) is 11.5 Å². The molecule has 0 aromatic heterocycles. The van der Waals surface area contributed by atoms with Gasteiger partial charge in [-0.25, -0.2) is 4.79 Å². The number of rotatable bonds is 7. The van der Waals surface area contributed by atoms with Crippen molar-refractivity contribution in [3.63, 3.8) is 0 Å². The molecular weight excluding hydrogens is 458 g/mol. The lowest BCUT2D eigenvalue weighted by Crippen LogP contribution is -2.27. The number of ether oxygens (including phenoxy) is 2. The summed E-state index contributed by atoms with van der Waals surface area (Å²) >= 11 is 6.55. The maximum absolute atomic E-state index is 13.0. The molecule has 0 saturated carbocycles. The van der Waals surface area contributed by atoms with Crippen molar-refractivity contribution in [2.45, 2.75) is 6.61 Å². The second kappa shape index (κ2) is 9.89. The molecule has 1 amide bonds. The summed E-state index contributed by atoms with van der Waals surface area (Å²) in [4.78, 5) is 26.1. The number of thioether (sulfide) groups is 1. The summed E-state index contributed by atoms with van der Waals surface area (Å²) in [5, 5.41) is 9.23. The standard InChI is InChI=1S/C25H19NO5S2/c1-30-21-12-17(10-11-20(21)31-15-16-6-3-2-4-7-16)13-22-23(27)26(25(32)33-22)19-9-5-8-18(14-19)24(28)29/h2-14H,15H2,1H3,(H,28,29). The molecule has 6 nitrogen and oxygen atoms in total. The number of hydrogen-bond donors (Lipinski definition) is 1. The van der Waals surface area contributed by atoms with Gasteiger partial charge in [0.2, 0.25) is 0 Å². The lowest BCUT2D eigenvalue weighted by molar-refractivity contribution is -0.113. The molecule has 1 N–H and O–H groups in total. The van der Waals surface area contributed by atoms with Crippen molar-refractivity contribution in [2.24, 2.45) is 0 Å². The van der Waals surface area contributed by atoms with Gasteiger partial charge in [0.05, 0.1) is 23.3 Å². The molecule has 33 heavy (non-hydrogen) atoms. The minimum absolute atomic E-state index is 0.0846. The Morgan fingerprint density at radius 3 is 2.58 bits per heavy atom. The molecule has 0 radical (unpaired) electrons. The quantitative estimate of drug-likeness (QED) is 0.362. The molecule has 0 spiro atoms. The fraction of sp³-hybridized carbons (Fsp3) is 0.0800. The molecule has 8 heteroatoms. The number of carboxylic acid groups (broad SMARTS) is 1. The summed E-state index contributed by atoms with van der Waals surface area (Å²) in [7, 11) is 1.56. The van der Waals surface area contributed by atoms with E-state index in [0.29, 0.717) is 33.0 Å². The van der Waals surface area contributed by atoms with E-state index >= 15 is 0 Å². The maximum atomic E-state index is 13.0. The van der Waals surface area contributed by atoms with Gasteiger partial charge in [-0.2, -0.15) is 0 Å². The van der Waals surface area contributed by atoms with Gasteiger partial charge in [0.1, 0.15) is 6.61 Å². The summed E-state index contributed by atoms with van der Waals surface area (Å²) in [6, 6.07) is 21.4. The van der Waals surface area contributed by atoms with E-state index in [1.54, 1.807) is 37.5 Å². The molecule has 0 unspecified atom stereocenters. The predicted octanol–water partition coefficient (Wildman–Crippen LogP) is 5.38. The van der Waals surface area contributed by atoms with E-state index in [4.69, 9.17) is 21.7 Å². The Hall–Kier alpha value is -3.62. The Bertz CT molecular complexity index is 1260. The van der Waals surface area contributed by atoms with Gasteiger partial charge < -0.3 is 14.6 Å². The number of methoxy groups -OCH3 is 1. The minimum Gasteiger partial charge on any atom is -0.493 e. The first-order valence-corrected chi connectivity index (χ1v) is 11.1. The highest BCUT2D eigenvalue weighted by molar-refractivity contribution is 8.27. The number of amides is 1. The number of benzene rings is 3. The predicted molar refractivity (Wildman–Crippen MR) is 133 cm³/mol. The third kappa shape index (κ3) is 5.08. The molecule has 0 aliphatic carbocycles. The zero-order chi connectivity index (χ0) is 23.4. The summed E-state index contributed by atoms with van der Waals surface area (Å²) < 4.78 is 11.7. The van der Waals surface area contributed by atoms with Crippen molar-refractivity contribution < 1.29 is 24.2 Å².